The smallest absolute Gasteiger partial charge is 0.101 e. The number of para-hydroxylation sites is 1. The van der Waals surface area contributed by atoms with Crippen LogP contribution in [0, 0.1) is 45.3 Å². The highest BCUT2D eigenvalue weighted by Crippen LogP contribution is 2.43. The average Bonchev–Trinajstić information content (AvgIpc) is 2.76. The van der Waals surface area contributed by atoms with Crippen molar-refractivity contribution in [1.82, 2.24) is 0 Å². The predicted octanol–water partition coefficient (Wildman–Crippen LogP) is 6.17. The molecule has 0 radical (unpaired) electrons. The Morgan fingerprint density at radius 3 is 1.34 bits per heavy atom. The molecule has 0 amide bonds. The van der Waals surface area contributed by atoms with E-state index in [4.69, 9.17) is 0 Å². The van der Waals surface area contributed by atoms with E-state index in [2.05, 4.69) is 44.0 Å². The molecule has 0 aliphatic heterocycles. The molecule has 0 saturated heterocycles. The Bertz CT molecular complexity index is 1190. The Morgan fingerprint density at radius 1 is 0.586 bits per heavy atom. The Labute approximate surface area is 184 Å². The van der Waals surface area contributed by atoms with Crippen LogP contribution in [0.2, 0.25) is 0 Å². The first kappa shape index (κ1) is 20.1. The fourth-order valence-corrected chi connectivity index (χ4v) is 3.86. The van der Waals surface area contributed by atoms with Gasteiger partial charge in [0.15, 0.2) is 0 Å². The molecule has 3 rings (SSSR count). The molecule has 0 heterocycles. The monoisotopic (exact) mass is 501 g/mol. The van der Waals surface area contributed by atoms with Crippen LogP contribution in [0.25, 0.3) is 0 Å². The summed E-state index contributed by atoms with van der Waals surface area (Å²) in [6, 6.07) is 23.9. The second kappa shape index (κ2) is 8.59. The van der Waals surface area contributed by atoms with E-state index in [-0.39, 0.29) is 22.3 Å². The van der Waals surface area contributed by atoms with E-state index in [0.29, 0.717) is 20.3 Å². The lowest BCUT2D eigenvalue weighted by Crippen LogP contribution is -2.12. The van der Waals surface area contributed by atoms with Crippen molar-refractivity contribution in [2.45, 2.75) is 0 Å². The summed E-state index contributed by atoms with van der Waals surface area (Å²) in [5.74, 6) is 0. The van der Waals surface area contributed by atoms with Crippen LogP contribution < -0.4 is 4.90 Å². The van der Waals surface area contributed by atoms with Crippen molar-refractivity contribution in [3.63, 3.8) is 0 Å². The van der Waals surface area contributed by atoms with E-state index >= 15 is 0 Å². The molecule has 5 nitrogen and oxygen atoms in total. The van der Waals surface area contributed by atoms with Gasteiger partial charge in [-0.15, -0.1) is 0 Å². The summed E-state index contributed by atoms with van der Waals surface area (Å²) >= 11 is 7.00. The van der Waals surface area contributed by atoms with Gasteiger partial charge in [-0.3, -0.25) is 0 Å². The summed E-state index contributed by atoms with van der Waals surface area (Å²) in [7, 11) is 0. The van der Waals surface area contributed by atoms with Gasteiger partial charge in [-0.25, -0.2) is 0 Å². The number of nitriles is 4. The van der Waals surface area contributed by atoms with Crippen LogP contribution in [0.1, 0.15) is 22.3 Å². The predicted molar refractivity (Wildman–Crippen MR) is 115 cm³/mol. The van der Waals surface area contributed by atoms with E-state index in [1.54, 1.807) is 24.3 Å². The minimum absolute atomic E-state index is 0.233. The van der Waals surface area contributed by atoms with Gasteiger partial charge in [-0.1, -0.05) is 18.2 Å². The van der Waals surface area contributed by atoms with E-state index in [9.17, 15) is 21.0 Å². The first-order valence-electron chi connectivity index (χ1n) is 8.16. The number of benzene rings is 3. The molecule has 0 N–H and O–H groups in total. The highest BCUT2D eigenvalue weighted by Gasteiger charge is 2.21. The number of hydrogen-bond acceptors (Lipinski definition) is 5. The van der Waals surface area contributed by atoms with Gasteiger partial charge in [0, 0.05) is 14.6 Å². The van der Waals surface area contributed by atoms with Gasteiger partial charge in [0.05, 0.1) is 33.6 Å². The maximum atomic E-state index is 9.47. The van der Waals surface area contributed by atoms with E-state index in [1.165, 1.54) is 0 Å². The molecule has 0 saturated carbocycles. The molecular formula is C22H9Br2N5. The molecule has 0 bridgehead atoms. The Kier molecular flexibility index (Phi) is 5.96. The van der Waals surface area contributed by atoms with Gasteiger partial charge in [0.25, 0.3) is 0 Å². The van der Waals surface area contributed by atoms with Gasteiger partial charge in [-0.2, -0.15) is 21.0 Å². The molecule has 7 heteroatoms. The molecule has 3 aromatic rings. The van der Waals surface area contributed by atoms with Gasteiger partial charge < -0.3 is 4.90 Å². The fourth-order valence-electron chi connectivity index (χ4n) is 2.82. The number of nitrogens with zero attached hydrogens (tertiary/aromatic N) is 5. The fraction of sp³-hybridized carbons (Fsp3) is 0. The Balaban J connectivity index is 2.36. The molecular weight excluding hydrogens is 494 g/mol. The standard InChI is InChI=1S/C22H9Br2N5/c23-19-6-14(10-25)16(12-27)8-21(19)29(18-4-2-1-3-5-18)22-9-17(13-28)15(11-26)7-20(22)24/h1-9H. The second-order valence-electron chi connectivity index (χ2n) is 5.82. The van der Waals surface area contributed by atoms with Crippen LogP contribution in [-0.4, -0.2) is 0 Å². The van der Waals surface area contributed by atoms with Crippen molar-refractivity contribution < 1.29 is 0 Å². The minimum Gasteiger partial charge on any atom is -0.308 e. The summed E-state index contributed by atoms with van der Waals surface area (Å²) in [4.78, 5) is 1.85. The molecule has 3 aromatic carbocycles. The lowest BCUT2D eigenvalue weighted by molar-refractivity contribution is 1.24. The summed E-state index contributed by atoms with van der Waals surface area (Å²) < 4.78 is 1.21. The Hall–Kier alpha value is -3.62. The van der Waals surface area contributed by atoms with Gasteiger partial charge >= 0.3 is 0 Å². The maximum Gasteiger partial charge on any atom is 0.101 e. The summed E-state index contributed by atoms with van der Waals surface area (Å²) in [5, 5.41) is 37.5. The van der Waals surface area contributed by atoms with Crippen molar-refractivity contribution in [2.75, 3.05) is 4.90 Å². The van der Waals surface area contributed by atoms with E-state index in [0.717, 1.165) is 5.69 Å². The molecule has 0 spiro atoms. The highest BCUT2D eigenvalue weighted by atomic mass is 79.9. The van der Waals surface area contributed by atoms with E-state index in [1.807, 2.05) is 47.4 Å². The molecule has 0 unspecified atom stereocenters. The molecule has 0 aliphatic rings. The van der Waals surface area contributed by atoms with Crippen LogP contribution in [0.15, 0.2) is 63.5 Å². The molecule has 29 heavy (non-hydrogen) atoms. The summed E-state index contributed by atoms with van der Waals surface area (Å²) in [5.41, 5.74) is 2.98. The van der Waals surface area contributed by atoms with Crippen LogP contribution in [-0.2, 0) is 0 Å². The SMILES string of the molecule is N#Cc1cc(Br)c(N(c2ccccc2)c2cc(C#N)c(C#N)cc2Br)cc1C#N. The molecule has 136 valence electrons. The highest BCUT2D eigenvalue weighted by molar-refractivity contribution is 9.11. The quantitative estimate of drug-likeness (QED) is 0.426. The van der Waals surface area contributed by atoms with Crippen LogP contribution in [0.4, 0.5) is 17.1 Å². The van der Waals surface area contributed by atoms with Crippen molar-refractivity contribution in [1.29, 1.82) is 21.0 Å². The van der Waals surface area contributed by atoms with Crippen LogP contribution >= 0.6 is 31.9 Å². The third-order valence-electron chi connectivity index (χ3n) is 4.15. The topological polar surface area (TPSA) is 98.4 Å². The van der Waals surface area contributed by atoms with Crippen LogP contribution in [0.5, 0.6) is 0 Å². The first-order chi connectivity index (χ1) is 14.0. The zero-order valence-electron chi connectivity index (χ0n) is 14.7. The van der Waals surface area contributed by atoms with Crippen molar-refractivity contribution >= 4 is 48.9 Å². The van der Waals surface area contributed by atoms with Crippen molar-refractivity contribution in [2.24, 2.45) is 0 Å². The maximum absolute atomic E-state index is 9.47. The van der Waals surface area contributed by atoms with Crippen molar-refractivity contribution in [3.05, 3.63) is 85.8 Å². The van der Waals surface area contributed by atoms with Crippen LogP contribution in [0.3, 0.4) is 0 Å². The first-order valence-corrected chi connectivity index (χ1v) is 9.75. The number of hydrogen-bond donors (Lipinski definition) is 0. The van der Waals surface area contributed by atoms with Gasteiger partial charge in [0.1, 0.15) is 24.3 Å². The number of anilines is 3. The summed E-state index contributed by atoms with van der Waals surface area (Å²) in [6.45, 7) is 0. The number of rotatable bonds is 3. The zero-order valence-corrected chi connectivity index (χ0v) is 17.9. The molecule has 0 aromatic heterocycles. The third-order valence-corrected chi connectivity index (χ3v) is 5.42. The zero-order chi connectivity index (χ0) is 21.0. The normalized spacial score (nSPS) is 9.59. The van der Waals surface area contributed by atoms with Gasteiger partial charge in [-0.05, 0) is 68.3 Å². The minimum atomic E-state index is 0.233. The second-order valence-corrected chi connectivity index (χ2v) is 7.53. The average molecular weight is 503 g/mol. The largest absolute Gasteiger partial charge is 0.308 e. The molecule has 0 atom stereocenters. The third kappa shape index (κ3) is 3.84. The van der Waals surface area contributed by atoms with Gasteiger partial charge in [0.2, 0.25) is 0 Å². The molecule has 0 aliphatic carbocycles. The molecule has 0 fully saturated rings. The van der Waals surface area contributed by atoms with Crippen molar-refractivity contribution in [3.8, 4) is 24.3 Å². The summed E-state index contributed by atoms with van der Waals surface area (Å²) in [6.07, 6.45) is 0. The Morgan fingerprint density at radius 2 is 0.966 bits per heavy atom. The van der Waals surface area contributed by atoms with E-state index < -0.39 is 0 Å². The lowest BCUT2D eigenvalue weighted by Gasteiger charge is -2.28. The number of halogens is 2. The lowest BCUT2D eigenvalue weighted by atomic mass is 10.0.